The van der Waals surface area contributed by atoms with Gasteiger partial charge in [0.1, 0.15) is 5.60 Å². The van der Waals surface area contributed by atoms with Crippen molar-refractivity contribution >= 4 is 17.9 Å². The zero-order valence-electron chi connectivity index (χ0n) is 21.7. The molecular weight excluding hydrogens is 440 g/mol. The number of esters is 3. The molecule has 0 spiro atoms. The fourth-order valence-corrected chi connectivity index (χ4v) is 7.89. The van der Waals surface area contributed by atoms with E-state index in [-0.39, 0.29) is 23.9 Å². The molecule has 4 saturated carbocycles. The van der Waals surface area contributed by atoms with Crippen LogP contribution in [-0.2, 0) is 23.9 Å². The molecule has 1 aliphatic heterocycles. The molecule has 0 N–H and O–H groups in total. The number of carbonyl (C=O) groups excluding carboxylic acids is 3. The van der Waals surface area contributed by atoms with E-state index in [9.17, 15) is 14.4 Å². The van der Waals surface area contributed by atoms with E-state index in [0.29, 0.717) is 37.0 Å². The summed E-state index contributed by atoms with van der Waals surface area (Å²) in [4.78, 5) is 38.4. The van der Waals surface area contributed by atoms with Crippen LogP contribution in [-0.4, -0.2) is 23.5 Å². The van der Waals surface area contributed by atoms with Gasteiger partial charge in [-0.25, -0.2) is 0 Å². The summed E-state index contributed by atoms with van der Waals surface area (Å²) in [6.45, 7) is 7.95. The third-order valence-corrected chi connectivity index (χ3v) is 9.74. The maximum absolute atomic E-state index is 13.9. The lowest BCUT2D eigenvalue weighted by Crippen LogP contribution is -2.54. The Kier molecular flexibility index (Phi) is 6.12. The van der Waals surface area contributed by atoms with Crippen molar-refractivity contribution in [3.63, 3.8) is 0 Å². The molecule has 190 valence electrons. The Morgan fingerprint density at radius 1 is 1.09 bits per heavy atom. The third kappa shape index (κ3) is 4.68. The zero-order valence-corrected chi connectivity index (χ0v) is 21.7. The van der Waals surface area contributed by atoms with Gasteiger partial charge in [0.25, 0.3) is 0 Å². The smallest absolute Gasteiger partial charge is 0.320 e. The first kappa shape index (κ1) is 24.5. The lowest BCUT2D eigenvalue weighted by molar-refractivity contribution is -0.197. The summed E-state index contributed by atoms with van der Waals surface area (Å²) in [6.07, 6.45) is 8.82. The first-order valence-corrected chi connectivity index (χ1v) is 13.6. The molecule has 35 heavy (non-hydrogen) atoms. The molecule has 5 heteroatoms. The second-order valence-electron chi connectivity index (χ2n) is 12.9. The Bertz CT molecular complexity index is 975. The van der Waals surface area contributed by atoms with Crippen molar-refractivity contribution in [2.24, 2.45) is 28.6 Å². The van der Waals surface area contributed by atoms with Crippen LogP contribution >= 0.6 is 0 Å². The SMILES string of the molecule is CCC(C)(CC(CC1(C)CC(=O)OC1=O)c1ccc(C)cc1)C(=O)OC12CC3CC(CC(C3)C1)C2. The van der Waals surface area contributed by atoms with Gasteiger partial charge in [-0.2, -0.15) is 0 Å². The number of hydrogen-bond acceptors (Lipinski definition) is 5. The molecule has 1 aromatic rings. The molecule has 5 nitrogen and oxygen atoms in total. The van der Waals surface area contributed by atoms with E-state index >= 15 is 0 Å². The molecule has 6 rings (SSSR count). The van der Waals surface area contributed by atoms with Gasteiger partial charge in [0.05, 0.1) is 17.3 Å². The summed E-state index contributed by atoms with van der Waals surface area (Å²) in [5.41, 5.74) is 0.446. The van der Waals surface area contributed by atoms with Gasteiger partial charge in [0.15, 0.2) is 0 Å². The second kappa shape index (κ2) is 8.74. The molecule has 5 fully saturated rings. The standard InChI is InChI=1S/C30H40O5/c1-5-28(3,27(33)35-30-13-20-10-21(14-30)12-22(11-20)15-30)16-24(23-8-6-19(2)7-9-23)17-29(4)18-25(31)34-26(29)32/h6-9,20-22,24H,5,10-18H2,1-4H3. The van der Waals surface area contributed by atoms with Crippen molar-refractivity contribution in [1.82, 2.24) is 0 Å². The van der Waals surface area contributed by atoms with Gasteiger partial charge in [-0.3, -0.25) is 14.4 Å². The first-order chi connectivity index (χ1) is 16.5. The van der Waals surface area contributed by atoms with Crippen molar-refractivity contribution < 1.29 is 23.9 Å². The summed E-state index contributed by atoms with van der Waals surface area (Å²) in [5.74, 6) is 1.09. The molecule has 1 heterocycles. The quantitative estimate of drug-likeness (QED) is 0.324. The molecule has 0 radical (unpaired) electrons. The Hall–Kier alpha value is -2.17. The van der Waals surface area contributed by atoms with Gasteiger partial charge in [0, 0.05) is 0 Å². The van der Waals surface area contributed by atoms with E-state index < -0.39 is 22.8 Å². The topological polar surface area (TPSA) is 69.7 Å². The minimum Gasteiger partial charge on any atom is -0.459 e. The van der Waals surface area contributed by atoms with E-state index in [0.717, 1.165) is 30.4 Å². The van der Waals surface area contributed by atoms with E-state index in [4.69, 9.17) is 9.47 Å². The largest absolute Gasteiger partial charge is 0.459 e. The molecule has 1 aromatic carbocycles. The minimum absolute atomic E-state index is 0.0621. The van der Waals surface area contributed by atoms with Crippen molar-refractivity contribution in [3.8, 4) is 0 Å². The van der Waals surface area contributed by atoms with Crippen LogP contribution in [0.3, 0.4) is 0 Å². The van der Waals surface area contributed by atoms with Gasteiger partial charge in [-0.05, 0) is 108 Å². The minimum atomic E-state index is -0.870. The van der Waals surface area contributed by atoms with E-state index in [2.05, 4.69) is 31.2 Å². The van der Waals surface area contributed by atoms with Gasteiger partial charge < -0.3 is 9.47 Å². The Morgan fingerprint density at radius 3 is 2.14 bits per heavy atom. The molecule has 1 saturated heterocycles. The predicted octanol–water partition coefficient (Wildman–Crippen LogP) is 6.27. The van der Waals surface area contributed by atoms with Crippen molar-refractivity contribution in [2.75, 3.05) is 0 Å². The van der Waals surface area contributed by atoms with E-state index in [1.165, 1.54) is 19.3 Å². The second-order valence-corrected chi connectivity index (χ2v) is 12.9. The van der Waals surface area contributed by atoms with Crippen LogP contribution in [0.15, 0.2) is 24.3 Å². The summed E-state index contributed by atoms with van der Waals surface area (Å²) in [7, 11) is 0. The lowest BCUT2D eigenvalue weighted by atomic mass is 9.54. The number of ether oxygens (including phenoxy) is 2. The highest BCUT2D eigenvalue weighted by molar-refractivity contribution is 5.97. The third-order valence-electron chi connectivity index (χ3n) is 9.74. The van der Waals surface area contributed by atoms with Gasteiger partial charge >= 0.3 is 17.9 Å². The van der Waals surface area contributed by atoms with E-state index in [1.54, 1.807) is 0 Å². The molecule has 4 bridgehead atoms. The highest BCUT2D eigenvalue weighted by Crippen LogP contribution is 2.58. The van der Waals surface area contributed by atoms with Crippen molar-refractivity contribution in [3.05, 3.63) is 35.4 Å². The Balaban J connectivity index is 1.38. The van der Waals surface area contributed by atoms with Crippen LogP contribution in [0, 0.1) is 35.5 Å². The van der Waals surface area contributed by atoms with Gasteiger partial charge in [0.2, 0.25) is 0 Å². The molecular formula is C30H40O5. The molecule has 4 aliphatic carbocycles. The summed E-state index contributed by atoms with van der Waals surface area (Å²) in [6, 6.07) is 8.32. The van der Waals surface area contributed by atoms with Crippen LogP contribution < -0.4 is 0 Å². The normalized spacial score (nSPS) is 36.1. The maximum atomic E-state index is 13.9. The summed E-state index contributed by atoms with van der Waals surface area (Å²) < 4.78 is 11.4. The average molecular weight is 481 g/mol. The summed E-state index contributed by atoms with van der Waals surface area (Å²) in [5, 5.41) is 0. The van der Waals surface area contributed by atoms with Crippen LogP contribution in [0.1, 0.15) is 102 Å². The lowest BCUT2D eigenvalue weighted by Gasteiger charge is -2.56. The molecule has 5 aliphatic rings. The molecule has 0 aromatic heterocycles. The fourth-order valence-electron chi connectivity index (χ4n) is 7.89. The number of hydrogen-bond donors (Lipinski definition) is 0. The highest BCUT2D eigenvalue weighted by atomic mass is 16.6. The number of cyclic esters (lactones) is 2. The molecule has 3 unspecified atom stereocenters. The van der Waals surface area contributed by atoms with E-state index in [1.807, 2.05) is 20.8 Å². The monoisotopic (exact) mass is 480 g/mol. The average Bonchev–Trinajstić information content (AvgIpc) is 3.03. The predicted molar refractivity (Wildman–Crippen MR) is 132 cm³/mol. The van der Waals surface area contributed by atoms with Crippen LogP contribution in [0.5, 0.6) is 0 Å². The van der Waals surface area contributed by atoms with Crippen LogP contribution in [0.25, 0.3) is 0 Å². The molecule has 3 atom stereocenters. The van der Waals surface area contributed by atoms with Crippen molar-refractivity contribution in [2.45, 2.75) is 103 Å². The van der Waals surface area contributed by atoms with Crippen LogP contribution in [0.2, 0.25) is 0 Å². The molecule has 0 amide bonds. The van der Waals surface area contributed by atoms with Gasteiger partial charge in [-0.15, -0.1) is 0 Å². The van der Waals surface area contributed by atoms with Crippen LogP contribution in [0.4, 0.5) is 0 Å². The number of aryl methyl sites for hydroxylation is 1. The maximum Gasteiger partial charge on any atom is 0.320 e. The fraction of sp³-hybridized carbons (Fsp3) is 0.700. The Morgan fingerprint density at radius 2 is 1.66 bits per heavy atom. The number of carbonyl (C=O) groups is 3. The zero-order chi connectivity index (χ0) is 25.0. The number of benzene rings is 1. The Labute approximate surface area is 209 Å². The first-order valence-electron chi connectivity index (χ1n) is 13.6. The number of rotatable bonds is 8. The summed E-state index contributed by atoms with van der Waals surface area (Å²) >= 11 is 0. The van der Waals surface area contributed by atoms with Gasteiger partial charge in [-0.1, -0.05) is 36.8 Å². The highest BCUT2D eigenvalue weighted by Gasteiger charge is 2.55. The van der Waals surface area contributed by atoms with Crippen molar-refractivity contribution in [1.29, 1.82) is 0 Å².